The maximum absolute atomic E-state index is 13.1. The highest BCUT2D eigenvalue weighted by Gasteiger charge is 2.38. The van der Waals surface area contributed by atoms with Crippen LogP contribution in [0.15, 0.2) is 34.9 Å². The molecule has 0 saturated carbocycles. The Bertz CT molecular complexity index is 837. The van der Waals surface area contributed by atoms with E-state index in [9.17, 15) is 14.0 Å². The van der Waals surface area contributed by atoms with E-state index in [4.69, 9.17) is 4.52 Å². The van der Waals surface area contributed by atoms with Crippen molar-refractivity contribution >= 4 is 23.6 Å². The second-order valence-corrected chi connectivity index (χ2v) is 8.26. The second kappa shape index (κ2) is 8.77. The lowest BCUT2D eigenvalue weighted by molar-refractivity contribution is -0.129. The molecule has 1 fully saturated rings. The Morgan fingerprint density at radius 2 is 2.11 bits per heavy atom. The first-order chi connectivity index (χ1) is 13.4. The van der Waals surface area contributed by atoms with E-state index in [1.165, 1.54) is 18.2 Å². The highest BCUT2D eigenvalue weighted by atomic mass is 32.2. The third-order valence-corrected chi connectivity index (χ3v) is 5.36. The van der Waals surface area contributed by atoms with E-state index in [2.05, 4.69) is 10.5 Å². The molecule has 2 aromatic rings. The summed E-state index contributed by atoms with van der Waals surface area (Å²) >= 11 is 1.62. The van der Waals surface area contributed by atoms with Gasteiger partial charge in [-0.3, -0.25) is 9.59 Å². The van der Waals surface area contributed by atoms with Crippen LogP contribution in [-0.2, 0) is 4.79 Å². The maximum Gasteiger partial charge on any atom is 0.293 e. The third-order valence-electron chi connectivity index (χ3n) is 4.63. The van der Waals surface area contributed by atoms with Crippen molar-refractivity contribution in [1.82, 2.24) is 15.4 Å². The largest absolute Gasteiger partial charge is 0.350 e. The topological polar surface area (TPSA) is 75.4 Å². The highest BCUT2D eigenvalue weighted by Crippen LogP contribution is 2.24. The van der Waals surface area contributed by atoms with Gasteiger partial charge in [0, 0.05) is 23.9 Å². The molecular formula is C20H24FN3O3S. The molecule has 0 radical (unpaired) electrons. The van der Waals surface area contributed by atoms with Gasteiger partial charge in [0.1, 0.15) is 17.6 Å². The van der Waals surface area contributed by atoms with Crippen molar-refractivity contribution in [3.8, 4) is 11.3 Å². The van der Waals surface area contributed by atoms with Gasteiger partial charge in [0.05, 0.1) is 6.04 Å². The molecule has 1 aromatic heterocycles. The smallest absolute Gasteiger partial charge is 0.293 e. The quantitative estimate of drug-likeness (QED) is 0.799. The zero-order valence-electron chi connectivity index (χ0n) is 16.1. The summed E-state index contributed by atoms with van der Waals surface area (Å²) in [5.41, 5.74) is 1.10. The van der Waals surface area contributed by atoms with Crippen molar-refractivity contribution in [3.05, 3.63) is 41.9 Å². The Kier molecular flexibility index (Phi) is 6.39. The Balaban J connectivity index is 1.84. The molecule has 0 bridgehead atoms. The molecule has 0 unspecified atom stereocenters. The van der Waals surface area contributed by atoms with Gasteiger partial charge in [-0.25, -0.2) is 4.39 Å². The number of hydrogen-bond acceptors (Lipinski definition) is 5. The Labute approximate surface area is 167 Å². The molecule has 0 spiro atoms. The molecule has 3 rings (SSSR count). The Morgan fingerprint density at radius 1 is 1.39 bits per heavy atom. The number of thioether (sulfide) groups is 1. The minimum absolute atomic E-state index is 0.0747. The van der Waals surface area contributed by atoms with Crippen LogP contribution in [0.2, 0.25) is 0 Å². The molecule has 2 heterocycles. The zero-order chi connectivity index (χ0) is 20.3. The lowest BCUT2D eigenvalue weighted by Crippen LogP contribution is -2.62. The van der Waals surface area contributed by atoms with Crippen LogP contribution in [0.4, 0.5) is 4.39 Å². The van der Waals surface area contributed by atoms with Gasteiger partial charge in [0.25, 0.3) is 5.91 Å². The zero-order valence-corrected chi connectivity index (χ0v) is 17.0. The molecular weight excluding hydrogens is 381 g/mol. The van der Waals surface area contributed by atoms with Gasteiger partial charge < -0.3 is 14.7 Å². The molecule has 150 valence electrons. The van der Waals surface area contributed by atoms with Gasteiger partial charge >= 0.3 is 0 Å². The summed E-state index contributed by atoms with van der Waals surface area (Å²) < 4.78 is 18.4. The van der Waals surface area contributed by atoms with Crippen molar-refractivity contribution in [1.29, 1.82) is 0 Å². The monoisotopic (exact) mass is 405 g/mol. The molecule has 1 aromatic carbocycles. The first kappa shape index (κ1) is 20.4. The van der Waals surface area contributed by atoms with Gasteiger partial charge in [0.15, 0.2) is 0 Å². The van der Waals surface area contributed by atoms with E-state index in [-0.39, 0.29) is 35.4 Å². The van der Waals surface area contributed by atoms with Crippen LogP contribution in [0.1, 0.15) is 30.8 Å². The molecule has 0 aliphatic carbocycles. The van der Waals surface area contributed by atoms with Crippen molar-refractivity contribution in [2.24, 2.45) is 5.92 Å². The molecule has 2 amide bonds. The summed E-state index contributed by atoms with van der Waals surface area (Å²) in [5.74, 6) is 0.219. The van der Waals surface area contributed by atoms with E-state index in [0.29, 0.717) is 24.2 Å². The predicted molar refractivity (Wildman–Crippen MR) is 106 cm³/mol. The van der Waals surface area contributed by atoms with Gasteiger partial charge in [-0.2, -0.15) is 11.8 Å². The normalized spacial score (nSPS) is 19.8. The van der Waals surface area contributed by atoms with E-state index in [0.717, 1.165) is 5.75 Å². The molecule has 1 aliphatic rings. The fourth-order valence-corrected chi connectivity index (χ4v) is 3.92. The first-order valence-corrected chi connectivity index (χ1v) is 10.6. The van der Waals surface area contributed by atoms with Crippen LogP contribution in [0.5, 0.6) is 0 Å². The number of rotatable bonds is 6. The number of piperazine rings is 1. The summed E-state index contributed by atoms with van der Waals surface area (Å²) in [6.45, 7) is 4.46. The minimum Gasteiger partial charge on any atom is -0.350 e. The first-order valence-electron chi connectivity index (χ1n) is 9.22. The maximum atomic E-state index is 13.1. The summed E-state index contributed by atoms with van der Waals surface area (Å²) in [6, 6.07) is 6.70. The van der Waals surface area contributed by atoms with Crippen molar-refractivity contribution in [3.63, 3.8) is 0 Å². The number of benzene rings is 1. The number of carbonyl (C=O) groups excluding carboxylic acids is 2. The third kappa shape index (κ3) is 4.55. The van der Waals surface area contributed by atoms with Crippen LogP contribution in [0.3, 0.4) is 0 Å². The lowest BCUT2D eigenvalue weighted by atomic mass is 9.98. The number of carbonyl (C=O) groups is 2. The number of halogens is 1. The fourth-order valence-electron chi connectivity index (χ4n) is 3.32. The van der Waals surface area contributed by atoms with Crippen molar-refractivity contribution in [2.75, 3.05) is 18.6 Å². The highest BCUT2D eigenvalue weighted by molar-refractivity contribution is 7.98. The van der Waals surface area contributed by atoms with E-state index < -0.39 is 6.04 Å². The number of hydrogen-bond donors (Lipinski definition) is 1. The number of amides is 2. The number of nitrogens with zero attached hydrogens (tertiary/aromatic N) is 2. The average Bonchev–Trinajstić information content (AvgIpc) is 3.14. The molecule has 8 heteroatoms. The van der Waals surface area contributed by atoms with Crippen LogP contribution in [-0.4, -0.2) is 52.5 Å². The van der Waals surface area contributed by atoms with Crippen molar-refractivity contribution in [2.45, 2.75) is 32.4 Å². The van der Waals surface area contributed by atoms with Crippen LogP contribution in [0.25, 0.3) is 11.3 Å². The summed E-state index contributed by atoms with van der Waals surface area (Å²) in [4.78, 5) is 27.3. The van der Waals surface area contributed by atoms with E-state index in [1.54, 1.807) is 28.8 Å². The van der Waals surface area contributed by atoms with E-state index >= 15 is 0 Å². The standard InChI is InChI=1S/C20H24FN3O3S/c1-12(2)8-17-19(25)22-15(11-28-3)10-24(17)20(26)18-9-16(23-27-18)13-4-6-14(21)7-5-13/h4-7,9,12,15,17H,8,10-11H2,1-3H3,(H,22,25)/t15-,17+/m1/s1. The average molecular weight is 405 g/mol. The minimum atomic E-state index is -0.537. The molecule has 1 saturated heterocycles. The molecule has 6 nitrogen and oxygen atoms in total. The summed E-state index contributed by atoms with van der Waals surface area (Å²) in [6.07, 6.45) is 2.53. The Hall–Kier alpha value is -2.35. The molecule has 2 atom stereocenters. The Morgan fingerprint density at radius 3 is 2.75 bits per heavy atom. The summed E-state index contributed by atoms with van der Waals surface area (Å²) in [5, 5.41) is 6.95. The van der Waals surface area contributed by atoms with Crippen molar-refractivity contribution < 1.29 is 18.5 Å². The van der Waals surface area contributed by atoms with Crippen LogP contribution >= 0.6 is 11.8 Å². The van der Waals surface area contributed by atoms with Gasteiger partial charge in [-0.15, -0.1) is 0 Å². The second-order valence-electron chi connectivity index (χ2n) is 7.35. The molecule has 1 aliphatic heterocycles. The predicted octanol–water partition coefficient (Wildman–Crippen LogP) is 3.20. The van der Waals surface area contributed by atoms with Crippen LogP contribution < -0.4 is 5.32 Å². The molecule has 28 heavy (non-hydrogen) atoms. The number of aromatic nitrogens is 1. The van der Waals surface area contributed by atoms with Gasteiger partial charge in [0.2, 0.25) is 11.7 Å². The lowest BCUT2D eigenvalue weighted by Gasteiger charge is -2.39. The SMILES string of the molecule is CSC[C@H]1CN(C(=O)c2cc(-c3ccc(F)cc3)no2)[C@@H](CC(C)C)C(=O)N1. The van der Waals surface area contributed by atoms with Gasteiger partial charge in [-0.1, -0.05) is 19.0 Å². The van der Waals surface area contributed by atoms with Crippen LogP contribution in [0, 0.1) is 11.7 Å². The molecule has 1 N–H and O–H groups in total. The van der Waals surface area contributed by atoms with E-state index in [1.807, 2.05) is 20.1 Å². The summed E-state index contributed by atoms with van der Waals surface area (Å²) in [7, 11) is 0. The van der Waals surface area contributed by atoms with Gasteiger partial charge in [-0.05, 0) is 42.9 Å². The fraction of sp³-hybridized carbons (Fsp3) is 0.450. The number of nitrogens with one attached hydrogen (secondary N) is 1.